The summed E-state index contributed by atoms with van der Waals surface area (Å²) >= 11 is 0. The zero-order valence-electron chi connectivity index (χ0n) is 20.9. The van der Waals surface area contributed by atoms with Gasteiger partial charge in [-0.05, 0) is 41.9 Å². The number of benzene rings is 2. The maximum Gasteiger partial charge on any atom is 0.277 e. The minimum Gasteiger partial charge on any atom is -0.358 e. The van der Waals surface area contributed by atoms with Crippen LogP contribution in [0.1, 0.15) is 27.2 Å². The number of hydrogen-bond donors (Lipinski definition) is 3. The van der Waals surface area contributed by atoms with Crippen molar-refractivity contribution in [2.45, 2.75) is 19.5 Å². The van der Waals surface area contributed by atoms with E-state index < -0.39 is 5.91 Å². The number of carbonyl (C=O) groups excluding carboxylic acids is 1. The summed E-state index contributed by atoms with van der Waals surface area (Å²) in [6.07, 6.45) is 3.74. The Morgan fingerprint density at radius 1 is 1.03 bits per heavy atom. The van der Waals surface area contributed by atoms with Crippen molar-refractivity contribution >= 4 is 22.8 Å². The van der Waals surface area contributed by atoms with Gasteiger partial charge in [0.05, 0.1) is 5.56 Å². The lowest BCUT2D eigenvalue weighted by molar-refractivity contribution is 0.0705. The van der Waals surface area contributed by atoms with Crippen molar-refractivity contribution in [1.82, 2.24) is 30.2 Å². The van der Waals surface area contributed by atoms with Gasteiger partial charge >= 0.3 is 0 Å². The molecule has 0 unspecified atom stereocenters. The number of anilines is 1. The zero-order valence-corrected chi connectivity index (χ0v) is 20.9. The minimum absolute atomic E-state index is 0.218. The highest BCUT2D eigenvalue weighted by atomic mass is 16.5. The van der Waals surface area contributed by atoms with Crippen LogP contribution in [0, 0.1) is 0 Å². The predicted octanol–water partition coefficient (Wildman–Crippen LogP) is 3.05. The molecule has 2 aromatic carbocycles. The molecule has 0 spiro atoms. The van der Waals surface area contributed by atoms with Crippen molar-refractivity contribution in [2.24, 2.45) is 0 Å². The van der Waals surface area contributed by atoms with Gasteiger partial charge in [-0.15, -0.1) is 0 Å². The minimum atomic E-state index is -0.621. The Labute approximate surface area is 215 Å². The quantitative estimate of drug-likeness (QED) is 0.288. The molecule has 37 heavy (non-hydrogen) atoms. The van der Waals surface area contributed by atoms with E-state index in [2.05, 4.69) is 79.2 Å². The maximum absolute atomic E-state index is 11.6. The van der Waals surface area contributed by atoms with E-state index in [4.69, 9.17) is 5.21 Å². The lowest BCUT2D eigenvalue weighted by Crippen LogP contribution is -2.43. The molecule has 1 saturated heterocycles. The second-order valence-corrected chi connectivity index (χ2v) is 10.0. The summed E-state index contributed by atoms with van der Waals surface area (Å²) in [7, 11) is 2.19. The van der Waals surface area contributed by atoms with Gasteiger partial charge in [0.1, 0.15) is 0 Å². The first kappa shape index (κ1) is 23.6. The van der Waals surface area contributed by atoms with Crippen molar-refractivity contribution in [3.8, 4) is 11.1 Å². The topological polar surface area (TPSA) is 101 Å². The molecule has 190 valence electrons. The Hall–Kier alpha value is -3.79. The highest BCUT2D eigenvalue weighted by Gasteiger charge is 2.23. The molecule has 3 N–H and O–H groups in total. The SMILES string of the molecule is CN1CCN(Cc2cccc(-c3ccc4[nH]c5c(c4c3)CN(c3ncc(C(=O)NO)cn3)CC5)c2)CC1. The predicted molar refractivity (Wildman–Crippen MR) is 143 cm³/mol. The molecule has 1 fully saturated rings. The number of carbonyl (C=O) groups is 1. The van der Waals surface area contributed by atoms with Crippen LogP contribution in [0.4, 0.5) is 5.95 Å². The smallest absolute Gasteiger partial charge is 0.277 e. The second kappa shape index (κ2) is 9.93. The number of amides is 1. The van der Waals surface area contributed by atoms with Crippen molar-refractivity contribution in [3.63, 3.8) is 0 Å². The molecule has 2 aliphatic heterocycles. The molecule has 4 heterocycles. The van der Waals surface area contributed by atoms with Crippen molar-refractivity contribution in [1.29, 1.82) is 0 Å². The fraction of sp³-hybridized carbons (Fsp3) is 0.321. The van der Waals surface area contributed by atoms with Crippen LogP contribution in [-0.4, -0.2) is 75.6 Å². The van der Waals surface area contributed by atoms with Crippen LogP contribution in [0.15, 0.2) is 54.9 Å². The molecule has 6 rings (SSSR count). The number of aromatic nitrogens is 3. The normalized spacial score (nSPS) is 16.6. The van der Waals surface area contributed by atoms with Crippen molar-refractivity contribution in [3.05, 3.63) is 77.2 Å². The standard InChI is InChI=1S/C28H31N7O2/c1-33-9-11-34(12-10-33)17-19-3-2-4-20(13-19)21-5-6-25-23(14-21)24-18-35(8-7-26(24)31-25)28-29-15-22(16-30-28)27(36)32-37/h2-6,13-16,31,37H,7-12,17-18H2,1H3,(H,32,36). The molecular formula is C28H31N7O2. The molecule has 4 aromatic rings. The van der Waals surface area contributed by atoms with Crippen molar-refractivity contribution < 1.29 is 10.0 Å². The van der Waals surface area contributed by atoms with Gasteiger partial charge in [0, 0.05) is 86.8 Å². The third-order valence-corrected chi connectivity index (χ3v) is 7.52. The number of H-pyrrole nitrogens is 1. The Morgan fingerprint density at radius 3 is 2.59 bits per heavy atom. The number of piperazine rings is 1. The molecule has 0 bridgehead atoms. The molecule has 2 aliphatic rings. The number of likely N-dealkylation sites (N-methyl/N-ethyl adjacent to an activating group) is 1. The van der Waals surface area contributed by atoms with Crippen LogP contribution >= 0.6 is 0 Å². The first-order valence-corrected chi connectivity index (χ1v) is 12.7. The van der Waals surface area contributed by atoms with Gasteiger partial charge < -0.3 is 14.8 Å². The van der Waals surface area contributed by atoms with Crippen LogP contribution in [0.5, 0.6) is 0 Å². The summed E-state index contributed by atoms with van der Waals surface area (Å²) in [5.74, 6) is -0.0495. The highest BCUT2D eigenvalue weighted by Crippen LogP contribution is 2.32. The number of hydroxylamine groups is 1. The summed E-state index contributed by atoms with van der Waals surface area (Å²) in [5.41, 5.74) is 9.28. The number of nitrogens with zero attached hydrogens (tertiary/aromatic N) is 5. The molecule has 9 heteroatoms. The lowest BCUT2D eigenvalue weighted by Gasteiger charge is -2.32. The summed E-state index contributed by atoms with van der Waals surface area (Å²) < 4.78 is 0. The van der Waals surface area contributed by atoms with E-state index in [0.717, 1.165) is 51.2 Å². The largest absolute Gasteiger partial charge is 0.358 e. The summed E-state index contributed by atoms with van der Waals surface area (Å²) in [5, 5.41) is 10.0. The molecule has 0 aliphatic carbocycles. The first-order chi connectivity index (χ1) is 18.1. The van der Waals surface area contributed by atoms with E-state index in [1.165, 1.54) is 45.7 Å². The Morgan fingerprint density at radius 2 is 1.81 bits per heavy atom. The molecule has 0 saturated carbocycles. The van der Waals surface area contributed by atoms with Gasteiger partial charge in [0.15, 0.2) is 0 Å². The van der Waals surface area contributed by atoms with Crippen LogP contribution < -0.4 is 10.4 Å². The van der Waals surface area contributed by atoms with Gasteiger partial charge in [-0.3, -0.25) is 14.9 Å². The highest BCUT2D eigenvalue weighted by molar-refractivity contribution is 5.93. The van der Waals surface area contributed by atoms with E-state index in [1.54, 1.807) is 5.48 Å². The summed E-state index contributed by atoms with van der Waals surface area (Å²) in [4.78, 5) is 31.0. The summed E-state index contributed by atoms with van der Waals surface area (Å²) in [6.45, 7) is 6.93. The molecule has 0 atom stereocenters. The van der Waals surface area contributed by atoms with Crippen LogP contribution in [-0.2, 0) is 19.5 Å². The fourth-order valence-electron chi connectivity index (χ4n) is 5.34. The van der Waals surface area contributed by atoms with Crippen LogP contribution in [0.3, 0.4) is 0 Å². The fourth-order valence-corrected chi connectivity index (χ4v) is 5.34. The zero-order chi connectivity index (χ0) is 25.4. The van der Waals surface area contributed by atoms with Gasteiger partial charge in [-0.25, -0.2) is 15.4 Å². The monoisotopic (exact) mass is 497 g/mol. The number of rotatable bonds is 5. The van der Waals surface area contributed by atoms with E-state index in [9.17, 15) is 4.79 Å². The van der Waals surface area contributed by atoms with Crippen LogP contribution in [0.2, 0.25) is 0 Å². The van der Waals surface area contributed by atoms with E-state index >= 15 is 0 Å². The van der Waals surface area contributed by atoms with Gasteiger partial charge in [-0.1, -0.05) is 24.3 Å². The maximum atomic E-state index is 11.6. The van der Waals surface area contributed by atoms with Crippen molar-refractivity contribution in [2.75, 3.05) is 44.7 Å². The molecule has 2 aromatic heterocycles. The third kappa shape index (κ3) is 4.81. The lowest BCUT2D eigenvalue weighted by atomic mass is 9.98. The number of hydrogen-bond acceptors (Lipinski definition) is 7. The van der Waals surface area contributed by atoms with Gasteiger partial charge in [0.25, 0.3) is 5.91 Å². The number of fused-ring (bicyclic) bond motifs is 3. The van der Waals surface area contributed by atoms with Crippen LogP contribution in [0.25, 0.3) is 22.0 Å². The third-order valence-electron chi connectivity index (χ3n) is 7.52. The Bertz CT molecular complexity index is 1420. The van der Waals surface area contributed by atoms with Gasteiger partial charge in [0.2, 0.25) is 5.95 Å². The number of aromatic amines is 1. The summed E-state index contributed by atoms with van der Waals surface area (Å²) in [6, 6.07) is 15.6. The Kier molecular flexibility index (Phi) is 6.33. The molecular weight excluding hydrogens is 466 g/mol. The Balaban J connectivity index is 1.24. The number of nitrogens with one attached hydrogen (secondary N) is 2. The van der Waals surface area contributed by atoms with E-state index in [0.29, 0.717) is 12.5 Å². The van der Waals surface area contributed by atoms with Gasteiger partial charge in [-0.2, -0.15) is 0 Å². The van der Waals surface area contributed by atoms with E-state index in [-0.39, 0.29) is 5.56 Å². The average molecular weight is 498 g/mol. The molecule has 1 amide bonds. The molecule has 9 nitrogen and oxygen atoms in total. The molecule has 0 radical (unpaired) electrons. The second-order valence-electron chi connectivity index (χ2n) is 10.0. The first-order valence-electron chi connectivity index (χ1n) is 12.7. The average Bonchev–Trinajstić information content (AvgIpc) is 3.31. The van der Waals surface area contributed by atoms with E-state index in [1.807, 2.05) is 0 Å².